The van der Waals surface area contributed by atoms with Gasteiger partial charge in [0.2, 0.25) is 0 Å². The summed E-state index contributed by atoms with van der Waals surface area (Å²) in [6, 6.07) is 13.7. The third kappa shape index (κ3) is 4.10. The van der Waals surface area contributed by atoms with Crippen LogP contribution in [0, 0.1) is 0 Å². The van der Waals surface area contributed by atoms with Gasteiger partial charge in [-0.15, -0.1) is 0 Å². The Kier molecular flexibility index (Phi) is 5.01. The topological polar surface area (TPSA) is 77.8 Å². The maximum absolute atomic E-state index is 11.6. The molecule has 0 amide bonds. The first-order chi connectivity index (χ1) is 10.9. The summed E-state index contributed by atoms with van der Waals surface area (Å²) in [4.78, 5) is 24.4. The van der Waals surface area contributed by atoms with Crippen LogP contribution in [0.2, 0.25) is 0 Å². The molecule has 0 heterocycles. The smallest absolute Gasteiger partial charge is 0.335 e. The second-order valence-electron chi connectivity index (χ2n) is 5.58. The van der Waals surface area contributed by atoms with Crippen LogP contribution in [-0.4, -0.2) is 36.2 Å². The molecule has 0 aromatic heterocycles. The van der Waals surface area contributed by atoms with Crippen molar-refractivity contribution in [3.8, 4) is 0 Å². The first-order valence-corrected chi connectivity index (χ1v) is 7.21. The van der Waals surface area contributed by atoms with Gasteiger partial charge in [-0.2, -0.15) is 0 Å². The van der Waals surface area contributed by atoms with Crippen molar-refractivity contribution >= 4 is 17.6 Å². The van der Waals surface area contributed by atoms with E-state index in [9.17, 15) is 14.7 Å². The normalized spacial score (nSPS) is 11.7. The SMILES string of the molecule is CN(C)c1ccc(CC(C(=O)O)c2ccc(C(=O)O)cc2)cc1. The van der Waals surface area contributed by atoms with Gasteiger partial charge in [0.15, 0.2) is 0 Å². The molecule has 1 unspecified atom stereocenters. The van der Waals surface area contributed by atoms with Crippen molar-refractivity contribution in [1.29, 1.82) is 0 Å². The lowest BCUT2D eigenvalue weighted by Gasteiger charge is -2.15. The number of aliphatic carboxylic acids is 1. The Bertz CT molecular complexity index is 690. The summed E-state index contributed by atoms with van der Waals surface area (Å²) in [6.45, 7) is 0. The molecule has 0 aliphatic rings. The van der Waals surface area contributed by atoms with Crippen LogP contribution in [0.5, 0.6) is 0 Å². The molecule has 2 rings (SSSR count). The van der Waals surface area contributed by atoms with Gasteiger partial charge >= 0.3 is 11.9 Å². The maximum Gasteiger partial charge on any atom is 0.335 e. The number of nitrogens with zero attached hydrogens (tertiary/aromatic N) is 1. The van der Waals surface area contributed by atoms with Gasteiger partial charge in [0.1, 0.15) is 0 Å². The van der Waals surface area contributed by atoms with Crippen molar-refractivity contribution in [2.24, 2.45) is 0 Å². The van der Waals surface area contributed by atoms with E-state index in [1.54, 1.807) is 12.1 Å². The van der Waals surface area contributed by atoms with Crippen LogP contribution in [-0.2, 0) is 11.2 Å². The largest absolute Gasteiger partial charge is 0.481 e. The number of aromatic carboxylic acids is 1. The number of carbonyl (C=O) groups is 2. The highest BCUT2D eigenvalue weighted by molar-refractivity contribution is 5.87. The third-order valence-corrected chi connectivity index (χ3v) is 3.75. The molecule has 0 aliphatic heterocycles. The predicted molar refractivity (Wildman–Crippen MR) is 88.3 cm³/mol. The van der Waals surface area contributed by atoms with E-state index >= 15 is 0 Å². The van der Waals surface area contributed by atoms with Crippen LogP contribution in [0.3, 0.4) is 0 Å². The van der Waals surface area contributed by atoms with E-state index in [4.69, 9.17) is 5.11 Å². The third-order valence-electron chi connectivity index (χ3n) is 3.75. The predicted octanol–water partition coefficient (Wildman–Crippen LogP) is 2.86. The molecule has 23 heavy (non-hydrogen) atoms. The molecule has 5 heteroatoms. The number of hydrogen-bond acceptors (Lipinski definition) is 3. The Hall–Kier alpha value is -2.82. The molecule has 0 fully saturated rings. The molecule has 0 saturated heterocycles. The van der Waals surface area contributed by atoms with Crippen LogP contribution >= 0.6 is 0 Å². The number of rotatable bonds is 6. The number of carboxylic acid groups (broad SMARTS) is 2. The van der Waals surface area contributed by atoms with Crippen LogP contribution in [0.25, 0.3) is 0 Å². The molecule has 120 valence electrons. The number of carboxylic acids is 2. The van der Waals surface area contributed by atoms with Gasteiger partial charge in [-0.25, -0.2) is 4.79 Å². The van der Waals surface area contributed by atoms with Gasteiger partial charge in [0, 0.05) is 19.8 Å². The Balaban J connectivity index is 2.21. The first kappa shape index (κ1) is 16.5. The summed E-state index contributed by atoms with van der Waals surface area (Å²) >= 11 is 0. The van der Waals surface area contributed by atoms with E-state index < -0.39 is 17.9 Å². The minimum atomic E-state index is -1.03. The lowest BCUT2D eigenvalue weighted by Crippen LogP contribution is -2.15. The van der Waals surface area contributed by atoms with Gasteiger partial charge in [-0.05, 0) is 41.8 Å². The van der Waals surface area contributed by atoms with E-state index in [1.165, 1.54) is 12.1 Å². The lowest BCUT2D eigenvalue weighted by molar-refractivity contribution is -0.138. The van der Waals surface area contributed by atoms with E-state index in [0.717, 1.165) is 11.3 Å². The van der Waals surface area contributed by atoms with E-state index in [1.807, 2.05) is 43.3 Å². The molecule has 0 aliphatic carbocycles. The van der Waals surface area contributed by atoms with Gasteiger partial charge in [0.25, 0.3) is 0 Å². The first-order valence-electron chi connectivity index (χ1n) is 7.21. The Morgan fingerprint density at radius 1 is 0.957 bits per heavy atom. The quantitative estimate of drug-likeness (QED) is 0.857. The summed E-state index contributed by atoms with van der Waals surface area (Å²) in [5.41, 5.74) is 2.71. The van der Waals surface area contributed by atoms with E-state index in [-0.39, 0.29) is 5.56 Å². The Labute approximate surface area is 134 Å². The summed E-state index contributed by atoms with van der Waals surface area (Å²) in [6.07, 6.45) is 0.357. The highest BCUT2D eigenvalue weighted by atomic mass is 16.4. The second kappa shape index (κ2) is 6.96. The van der Waals surface area contributed by atoms with Crippen LogP contribution in [0.4, 0.5) is 5.69 Å². The van der Waals surface area contributed by atoms with Crippen LogP contribution in [0.15, 0.2) is 48.5 Å². The molecular weight excluding hydrogens is 294 g/mol. The van der Waals surface area contributed by atoms with Crippen molar-refractivity contribution in [3.63, 3.8) is 0 Å². The van der Waals surface area contributed by atoms with Crippen molar-refractivity contribution in [2.45, 2.75) is 12.3 Å². The number of benzene rings is 2. The molecule has 5 nitrogen and oxygen atoms in total. The highest BCUT2D eigenvalue weighted by Gasteiger charge is 2.20. The van der Waals surface area contributed by atoms with Gasteiger partial charge in [-0.1, -0.05) is 24.3 Å². The molecule has 2 N–H and O–H groups in total. The Morgan fingerprint density at radius 3 is 1.96 bits per heavy atom. The molecule has 0 bridgehead atoms. The highest BCUT2D eigenvalue weighted by Crippen LogP contribution is 2.23. The fraction of sp³-hybridized carbons (Fsp3) is 0.222. The fourth-order valence-corrected chi connectivity index (χ4v) is 2.37. The van der Waals surface area contributed by atoms with Crippen molar-refractivity contribution < 1.29 is 19.8 Å². The number of hydrogen-bond donors (Lipinski definition) is 2. The van der Waals surface area contributed by atoms with Crippen molar-refractivity contribution in [2.75, 3.05) is 19.0 Å². The zero-order chi connectivity index (χ0) is 17.0. The van der Waals surface area contributed by atoms with Gasteiger partial charge in [-0.3, -0.25) is 4.79 Å². The summed E-state index contributed by atoms with van der Waals surface area (Å²) in [7, 11) is 3.89. The summed E-state index contributed by atoms with van der Waals surface area (Å²) in [5.74, 6) is -2.66. The maximum atomic E-state index is 11.6. The molecule has 2 aromatic rings. The molecular formula is C18H19NO4. The average Bonchev–Trinajstić information content (AvgIpc) is 2.53. The average molecular weight is 313 g/mol. The van der Waals surface area contributed by atoms with E-state index in [0.29, 0.717) is 12.0 Å². The standard InChI is InChI=1S/C18H19NO4/c1-19(2)15-9-3-12(4-10-15)11-16(18(22)23)13-5-7-14(8-6-13)17(20)21/h3-10,16H,11H2,1-2H3,(H,20,21)(H,22,23). The minimum Gasteiger partial charge on any atom is -0.481 e. The minimum absolute atomic E-state index is 0.147. The van der Waals surface area contributed by atoms with E-state index in [2.05, 4.69) is 0 Å². The van der Waals surface area contributed by atoms with Gasteiger partial charge in [0.05, 0.1) is 11.5 Å². The molecule has 2 aromatic carbocycles. The molecule has 0 radical (unpaired) electrons. The summed E-state index contributed by atoms with van der Waals surface area (Å²) in [5, 5.41) is 18.4. The van der Waals surface area contributed by atoms with Crippen molar-refractivity contribution in [3.05, 3.63) is 65.2 Å². The monoisotopic (exact) mass is 313 g/mol. The molecule has 1 atom stereocenters. The molecule has 0 saturated carbocycles. The zero-order valence-corrected chi connectivity index (χ0v) is 13.1. The number of anilines is 1. The van der Waals surface area contributed by atoms with Crippen molar-refractivity contribution in [1.82, 2.24) is 0 Å². The lowest BCUT2D eigenvalue weighted by atomic mass is 9.91. The Morgan fingerprint density at radius 2 is 1.52 bits per heavy atom. The summed E-state index contributed by atoms with van der Waals surface area (Å²) < 4.78 is 0. The fourth-order valence-electron chi connectivity index (χ4n) is 2.37. The van der Waals surface area contributed by atoms with Crippen LogP contribution in [0.1, 0.15) is 27.4 Å². The van der Waals surface area contributed by atoms with Crippen LogP contribution < -0.4 is 4.90 Å². The van der Waals surface area contributed by atoms with Gasteiger partial charge < -0.3 is 15.1 Å². The molecule has 0 spiro atoms. The zero-order valence-electron chi connectivity index (χ0n) is 13.1. The second-order valence-corrected chi connectivity index (χ2v) is 5.58.